The van der Waals surface area contributed by atoms with Gasteiger partial charge in [-0.1, -0.05) is 0 Å². The third-order valence-electron chi connectivity index (χ3n) is 3.78. The number of aromatic nitrogens is 2. The molecule has 4 nitrogen and oxygen atoms in total. The minimum atomic E-state index is -0.262. The van der Waals surface area contributed by atoms with E-state index in [1.807, 2.05) is 0 Å². The summed E-state index contributed by atoms with van der Waals surface area (Å²) in [5.74, 6) is 0.223. The Balaban J connectivity index is 1.82. The fourth-order valence-corrected chi connectivity index (χ4v) is 2.59. The molecule has 0 aromatic carbocycles. The van der Waals surface area contributed by atoms with Crippen molar-refractivity contribution in [2.45, 2.75) is 44.7 Å². The molecule has 1 saturated carbocycles. The standard InChI is InChI=1S/C13H19FN4/c1-9-12(14)13(17-8-16-9)18(11-4-5-11)7-10-3-2-6-15-10/h8,10-11,15H,2-7H2,1H3. The topological polar surface area (TPSA) is 41.1 Å². The highest BCUT2D eigenvalue weighted by Crippen LogP contribution is 2.32. The fourth-order valence-electron chi connectivity index (χ4n) is 2.59. The lowest BCUT2D eigenvalue weighted by atomic mass is 10.2. The maximum atomic E-state index is 14.1. The number of hydrogen-bond acceptors (Lipinski definition) is 4. The summed E-state index contributed by atoms with van der Waals surface area (Å²) in [4.78, 5) is 10.2. The molecule has 0 spiro atoms. The molecule has 18 heavy (non-hydrogen) atoms. The van der Waals surface area contributed by atoms with Crippen LogP contribution in [0.2, 0.25) is 0 Å². The van der Waals surface area contributed by atoms with Crippen LogP contribution in [0.15, 0.2) is 6.33 Å². The monoisotopic (exact) mass is 250 g/mol. The second-order valence-corrected chi connectivity index (χ2v) is 5.27. The van der Waals surface area contributed by atoms with Crippen LogP contribution in [-0.2, 0) is 0 Å². The number of hydrogen-bond donors (Lipinski definition) is 1. The highest BCUT2D eigenvalue weighted by Gasteiger charge is 2.34. The highest BCUT2D eigenvalue weighted by molar-refractivity contribution is 5.43. The van der Waals surface area contributed by atoms with Gasteiger partial charge in [0.05, 0.1) is 5.69 Å². The van der Waals surface area contributed by atoms with Gasteiger partial charge in [0.2, 0.25) is 0 Å². The minimum Gasteiger partial charge on any atom is -0.350 e. The molecule has 0 radical (unpaired) electrons. The van der Waals surface area contributed by atoms with Gasteiger partial charge in [-0.25, -0.2) is 14.4 Å². The van der Waals surface area contributed by atoms with E-state index in [0.29, 0.717) is 23.6 Å². The normalized spacial score (nSPS) is 23.3. The number of halogens is 1. The molecule has 1 N–H and O–H groups in total. The molecule has 2 fully saturated rings. The highest BCUT2D eigenvalue weighted by atomic mass is 19.1. The summed E-state index contributed by atoms with van der Waals surface area (Å²) < 4.78 is 14.1. The fraction of sp³-hybridized carbons (Fsp3) is 0.692. The molecular weight excluding hydrogens is 231 g/mol. The van der Waals surface area contributed by atoms with Crippen molar-refractivity contribution in [1.29, 1.82) is 0 Å². The van der Waals surface area contributed by atoms with Crippen LogP contribution in [0.3, 0.4) is 0 Å². The number of rotatable bonds is 4. The van der Waals surface area contributed by atoms with E-state index in [1.54, 1.807) is 6.92 Å². The van der Waals surface area contributed by atoms with E-state index in [2.05, 4.69) is 20.2 Å². The van der Waals surface area contributed by atoms with Gasteiger partial charge in [0.15, 0.2) is 11.6 Å². The van der Waals surface area contributed by atoms with Crippen molar-refractivity contribution in [2.24, 2.45) is 0 Å². The Morgan fingerprint density at radius 2 is 2.22 bits per heavy atom. The Hall–Kier alpha value is -1.23. The van der Waals surface area contributed by atoms with Gasteiger partial charge >= 0.3 is 0 Å². The maximum Gasteiger partial charge on any atom is 0.186 e. The van der Waals surface area contributed by atoms with E-state index >= 15 is 0 Å². The maximum absolute atomic E-state index is 14.1. The molecule has 1 atom stereocenters. The molecule has 1 unspecified atom stereocenters. The second-order valence-electron chi connectivity index (χ2n) is 5.27. The summed E-state index contributed by atoms with van der Waals surface area (Å²) in [5, 5.41) is 3.47. The first-order valence-corrected chi connectivity index (χ1v) is 6.73. The molecule has 98 valence electrons. The van der Waals surface area contributed by atoms with Crippen LogP contribution in [0, 0.1) is 12.7 Å². The molecule has 2 aliphatic rings. The molecule has 5 heteroatoms. The Morgan fingerprint density at radius 1 is 1.39 bits per heavy atom. The molecule has 1 aliphatic heterocycles. The molecule has 0 bridgehead atoms. The predicted octanol–water partition coefficient (Wildman–Crippen LogP) is 1.64. The van der Waals surface area contributed by atoms with Gasteiger partial charge in [-0.15, -0.1) is 0 Å². The van der Waals surface area contributed by atoms with Gasteiger partial charge in [0.25, 0.3) is 0 Å². The van der Waals surface area contributed by atoms with Crippen LogP contribution in [0.25, 0.3) is 0 Å². The molecule has 1 aromatic heterocycles. The van der Waals surface area contributed by atoms with E-state index in [1.165, 1.54) is 19.2 Å². The zero-order chi connectivity index (χ0) is 12.5. The van der Waals surface area contributed by atoms with Gasteiger partial charge in [-0.2, -0.15) is 0 Å². The quantitative estimate of drug-likeness (QED) is 0.882. The smallest absolute Gasteiger partial charge is 0.186 e. The van der Waals surface area contributed by atoms with Crippen LogP contribution < -0.4 is 10.2 Å². The zero-order valence-electron chi connectivity index (χ0n) is 10.7. The van der Waals surface area contributed by atoms with Crippen molar-refractivity contribution in [3.8, 4) is 0 Å². The van der Waals surface area contributed by atoms with Gasteiger partial charge in [0, 0.05) is 18.6 Å². The third kappa shape index (κ3) is 2.32. The Morgan fingerprint density at radius 3 is 2.89 bits per heavy atom. The average molecular weight is 250 g/mol. The first-order chi connectivity index (χ1) is 8.75. The molecule has 0 amide bonds. The van der Waals surface area contributed by atoms with Crippen LogP contribution >= 0.6 is 0 Å². The van der Waals surface area contributed by atoms with Crippen LogP contribution in [0.1, 0.15) is 31.4 Å². The summed E-state index contributed by atoms with van der Waals surface area (Å²) in [6.07, 6.45) is 6.15. The zero-order valence-corrected chi connectivity index (χ0v) is 10.7. The van der Waals surface area contributed by atoms with Crippen molar-refractivity contribution in [1.82, 2.24) is 15.3 Å². The van der Waals surface area contributed by atoms with Crippen molar-refractivity contribution in [3.05, 3.63) is 17.8 Å². The van der Waals surface area contributed by atoms with Crippen LogP contribution in [-0.4, -0.2) is 35.1 Å². The van der Waals surface area contributed by atoms with Crippen molar-refractivity contribution < 1.29 is 4.39 Å². The largest absolute Gasteiger partial charge is 0.350 e. The summed E-state index contributed by atoms with van der Waals surface area (Å²) in [6, 6.07) is 0.941. The first-order valence-electron chi connectivity index (χ1n) is 6.73. The number of nitrogens with zero attached hydrogens (tertiary/aromatic N) is 3. The number of anilines is 1. The van der Waals surface area contributed by atoms with Gasteiger partial charge in [-0.05, 0) is 39.2 Å². The van der Waals surface area contributed by atoms with Gasteiger partial charge in [0.1, 0.15) is 6.33 Å². The lowest BCUT2D eigenvalue weighted by Gasteiger charge is -2.27. The van der Waals surface area contributed by atoms with Crippen molar-refractivity contribution >= 4 is 5.82 Å². The lowest BCUT2D eigenvalue weighted by molar-refractivity contribution is 0.549. The summed E-state index contributed by atoms with van der Waals surface area (Å²) in [6.45, 7) is 3.63. The molecule has 1 saturated heterocycles. The van der Waals surface area contributed by atoms with Gasteiger partial charge in [-0.3, -0.25) is 0 Å². The molecular formula is C13H19FN4. The average Bonchev–Trinajstić information content (AvgIpc) is 3.08. The number of nitrogens with one attached hydrogen (secondary N) is 1. The molecule has 1 aliphatic carbocycles. The minimum absolute atomic E-state index is 0.262. The molecule has 1 aromatic rings. The molecule has 3 rings (SSSR count). The van der Waals surface area contributed by atoms with E-state index < -0.39 is 0 Å². The van der Waals surface area contributed by atoms with E-state index in [9.17, 15) is 4.39 Å². The van der Waals surface area contributed by atoms with Crippen LogP contribution in [0.4, 0.5) is 10.2 Å². The van der Waals surface area contributed by atoms with Gasteiger partial charge < -0.3 is 10.2 Å². The Kier molecular flexibility index (Phi) is 3.16. The Labute approximate surface area is 107 Å². The lowest BCUT2D eigenvalue weighted by Crippen LogP contribution is -2.40. The van der Waals surface area contributed by atoms with E-state index in [0.717, 1.165) is 25.9 Å². The van der Waals surface area contributed by atoms with Crippen molar-refractivity contribution in [3.63, 3.8) is 0 Å². The van der Waals surface area contributed by atoms with Crippen molar-refractivity contribution in [2.75, 3.05) is 18.0 Å². The number of aryl methyl sites for hydroxylation is 1. The van der Waals surface area contributed by atoms with Crippen LogP contribution in [0.5, 0.6) is 0 Å². The van der Waals surface area contributed by atoms with E-state index in [-0.39, 0.29) is 5.82 Å². The summed E-state index contributed by atoms with van der Waals surface area (Å²) in [7, 11) is 0. The second kappa shape index (κ2) is 4.80. The molecule has 2 heterocycles. The SMILES string of the molecule is Cc1ncnc(N(CC2CCCN2)C2CC2)c1F. The third-order valence-corrected chi connectivity index (χ3v) is 3.78. The van der Waals surface area contributed by atoms with E-state index in [4.69, 9.17) is 0 Å². The summed E-state index contributed by atoms with van der Waals surface area (Å²) >= 11 is 0. The summed E-state index contributed by atoms with van der Waals surface area (Å²) in [5.41, 5.74) is 0.435. The Bertz CT molecular complexity index is 427. The predicted molar refractivity (Wildman–Crippen MR) is 68.1 cm³/mol. The first kappa shape index (κ1) is 11.8.